The van der Waals surface area contributed by atoms with Crippen molar-refractivity contribution >= 4 is 53.0 Å². The van der Waals surface area contributed by atoms with Gasteiger partial charge < -0.3 is 30.4 Å². The number of nitrogens with zero attached hydrogens (tertiary/aromatic N) is 1. The molecule has 3 aromatic rings. The van der Waals surface area contributed by atoms with Crippen molar-refractivity contribution in [3.63, 3.8) is 0 Å². The number of aromatic nitrogens is 2. The van der Waals surface area contributed by atoms with Crippen LogP contribution in [0.1, 0.15) is 24.4 Å². The lowest BCUT2D eigenvalue weighted by molar-refractivity contribution is -0.129. The highest BCUT2D eigenvalue weighted by Crippen LogP contribution is 2.28. The molecule has 37 heavy (non-hydrogen) atoms. The highest BCUT2D eigenvalue weighted by molar-refractivity contribution is 6.32. The minimum atomic E-state index is -0.354. The van der Waals surface area contributed by atoms with Gasteiger partial charge in [-0.15, -0.1) is 0 Å². The van der Waals surface area contributed by atoms with Gasteiger partial charge in [0, 0.05) is 49.2 Å². The Morgan fingerprint density at radius 3 is 2.46 bits per heavy atom. The lowest BCUT2D eigenvalue weighted by atomic mass is 10.1. The van der Waals surface area contributed by atoms with E-state index >= 15 is 0 Å². The van der Waals surface area contributed by atoms with Crippen molar-refractivity contribution in [2.45, 2.75) is 13.0 Å². The predicted molar refractivity (Wildman–Crippen MR) is 149 cm³/mol. The van der Waals surface area contributed by atoms with E-state index in [0.717, 1.165) is 22.5 Å². The number of aromatic amines is 1. The van der Waals surface area contributed by atoms with Crippen molar-refractivity contribution < 1.29 is 19.1 Å². The predicted octanol–water partition coefficient (Wildman–Crippen LogP) is 5.16. The first-order chi connectivity index (χ1) is 17.8. The van der Waals surface area contributed by atoms with Crippen molar-refractivity contribution in [1.29, 1.82) is 0 Å². The van der Waals surface area contributed by atoms with Crippen LogP contribution in [-0.4, -0.2) is 56.8 Å². The summed E-state index contributed by atoms with van der Waals surface area (Å²) in [5.41, 5.74) is 4.23. The number of halogens is 2. The van der Waals surface area contributed by atoms with Crippen molar-refractivity contribution in [3.05, 3.63) is 70.1 Å². The summed E-state index contributed by atoms with van der Waals surface area (Å²) in [5, 5.41) is 10.1. The molecule has 1 aromatic heterocycles. The molecule has 0 saturated heterocycles. The van der Waals surface area contributed by atoms with Gasteiger partial charge in [0.1, 0.15) is 23.3 Å². The quantitative estimate of drug-likeness (QED) is 0.149. The fourth-order valence-electron chi connectivity index (χ4n) is 3.13. The third-order valence-corrected chi connectivity index (χ3v) is 5.57. The molecule has 9 nitrogen and oxygen atoms in total. The molecule has 0 spiro atoms. The Morgan fingerprint density at radius 1 is 1.11 bits per heavy atom. The summed E-state index contributed by atoms with van der Waals surface area (Å²) in [4.78, 5) is 29.4. The van der Waals surface area contributed by atoms with Crippen LogP contribution in [0, 0.1) is 0 Å². The van der Waals surface area contributed by atoms with E-state index in [9.17, 15) is 9.59 Å². The van der Waals surface area contributed by atoms with E-state index in [1.165, 1.54) is 6.08 Å². The molecule has 0 radical (unpaired) electrons. The zero-order chi connectivity index (χ0) is 27.2. The first-order valence-corrected chi connectivity index (χ1v) is 12.1. The average Bonchev–Trinajstić information content (AvgIpc) is 3.30. The highest BCUT2D eigenvalue weighted by atomic mass is 35.5. The summed E-state index contributed by atoms with van der Waals surface area (Å²) in [6, 6.07) is 12.9. The van der Waals surface area contributed by atoms with Crippen LogP contribution in [0.5, 0.6) is 0 Å². The van der Waals surface area contributed by atoms with Crippen LogP contribution in [0.15, 0.2) is 48.5 Å². The van der Waals surface area contributed by atoms with E-state index in [2.05, 4.69) is 35.4 Å². The lowest BCUT2D eigenvalue weighted by Gasteiger charge is -2.10. The Kier molecular flexibility index (Phi) is 12.5. The number of imidazole rings is 1. The number of rotatable bonds is 11. The number of hydrogen-bond acceptors (Lipinski definition) is 7. The van der Waals surface area contributed by atoms with Gasteiger partial charge in [0.05, 0.1) is 12.6 Å². The maximum Gasteiger partial charge on any atom is 0.293 e. The number of amides is 1. The average molecular weight is 548 g/mol. The summed E-state index contributed by atoms with van der Waals surface area (Å²) in [6.45, 7) is 3.06. The third-order valence-electron chi connectivity index (χ3n) is 5.06. The van der Waals surface area contributed by atoms with E-state index in [4.69, 9.17) is 23.2 Å². The fraction of sp³-hybridized carbons (Fsp3) is 0.269. The van der Waals surface area contributed by atoms with Crippen molar-refractivity contribution in [3.8, 4) is 11.3 Å². The Morgan fingerprint density at radius 2 is 1.84 bits per heavy atom. The number of hydrogen-bond donors (Lipinski definition) is 4. The summed E-state index contributed by atoms with van der Waals surface area (Å²) < 4.78 is 8.83. The van der Waals surface area contributed by atoms with Gasteiger partial charge in [0.2, 0.25) is 5.91 Å². The number of methoxy groups -OCH3 is 1. The van der Waals surface area contributed by atoms with Crippen LogP contribution in [0.2, 0.25) is 10.2 Å². The second-order valence-electron chi connectivity index (χ2n) is 7.62. The molecule has 4 N–H and O–H groups in total. The van der Waals surface area contributed by atoms with Crippen molar-refractivity contribution in [2.75, 3.05) is 45.1 Å². The topological polar surface area (TPSA) is 117 Å². The minimum absolute atomic E-state index is 0.253. The molecule has 0 aliphatic carbocycles. The Hall–Kier alpha value is -3.53. The number of nitrogens with one attached hydrogen (secondary N) is 4. The molecular formula is C26H31Cl2N5O4. The van der Waals surface area contributed by atoms with Gasteiger partial charge in [-0.1, -0.05) is 35.3 Å². The van der Waals surface area contributed by atoms with Crippen LogP contribution in [0.4, 0.5) is 11.4 Å². The van der Waals surface area contributed by atoms with Crippen LogP contribution in [0.25, 0.3) is 17.3 Å². The zero-order valence-electron chi connectivity index (χ0n) is 21.1. The second-order valence-corrected chi connectivity index (χ2v) is 8.43. The maximum absolute atomic E-state index is 12.4. The van der Waals surface area contributed by atoms with Gasteiger partial charge in [-0.3, -0.25) is 9.59 Å². The third kappa shape index (κ3) is 9.45. The zero-order valence-corrected chi connectivity index (χ0v) is 22.6. The molecule has 0 fully saturated rings. The maximum atomic E-state index is 12.4. The Labute approximate surface area is 226 Å². The summed E-state index contributed by atoms with van der Waals surface area (Å²) in [5.74, 6) is 0.324. The number of carbonyl (C=O) groups is 2. The highest BCUT2D eigenvalue weighted by Gasteiger charge is 2.16. The SMILES string of the molecule is CNc1ccc(-c2nc([C@H](C)NC(=O)/C=C/c3cc(Cl)ccc3NC)[nH]c2Cl)cc1.COCCOC=O. The normalized spacial score (nSPS) is 11.3. The number of H-pyrrole nitrogens is 1. The van der Waals surface area contributed by atoms with Crippen molar-refractivity contribution in [2.24, 2.45) is 0 Å². The van der Waals surface area contributed by atoms with Crippen LogP contribution >= 0.6 is 23.2 Å². The van der Waals surface area contributed by atoms with E-state index in [1.807, 2.05) is 51.4 Å². The van der Waals surface area contributed by atoms with Gasteiger partial charge in [-0.25, -0.2) is 4.98 Å². The molecule has 11 heteroatoms. The Bertz CT molecular complexity index is 1180. The lowest BCUT2D eigenvalue weighted by Crippen LogP contribution is -2.25. The first-order valence-electron chi connectivity index (χ1n) is 11.4. The molecule has 198 valence electrons. The standard InChI is InChI=1S/C22H23Cl2N5O.C4H8O3/c1-13(27-19(30)11-6-15-12-16(23)7-10-18(15)26-3)22-28-20(21(24)29-22)14-4-8-17(25-2)9-5-14;1-6-2-3-7-4-5/h4-13,25-26H,1-3H3,(H,27,30)(H,28,29);4H,2-3H2,1H3/b11-6+;/t13-;/m0./s1. The van der Waals surface area contributed by atoms with E-state index in [1.54, 1.807) is 25.3 Å². The van der Waals surface area contributed by atoms with Gasteiger partial charge in [0.15, 0.2) is 0 Å². The summed E-state index contributed by atoms with van der Waals surface area (Å²) in [6.07, 6.45) is 3.18. The molecule has 1 amide bonds. The van der Waals surface area contributed by atoms with Crippen molar-refractivity contribution in [1.82, 2.24) is 15.3 Å². The summed E-state index contributed by atoms with van der Waals surface area (Å²) >= 11 is 12.4. The minimum Gasteiger partial charge on any atom is -0.465 e. The molecule has 2 aromatic carbocycles. The molecule has 0 aliphatic rings. The van der Waals surface area contributed by atoms with Gasteiger partial charge in [-0.2, -0.15) is 0 Å². The van der Waals surface area contributed by atoms with Crippen LogP contribution in [0.3, 0.4) is 0 Å². The van der Waals surface area contributed by atoms with Crippen LogP contribution in [-0.2, 0) is 19.1 Å². The molecule has 0 unspecified atom stereocenters. The van der Waals surface area contributed by atoms with E-state index in [-0.39, 0.29) is 11.9 Å². The largest absolute Gasteiger partial charge is 0.465 e. The smallest absolute Gasteiger partial charge is 0.293 e. The van der Waals surface area contributed by atoms with Crippen LogP contribution < -0.4 is 16.0 Å². The molecule has 0 aliphatic heterocycles. The molecule has 3 rings (SSSR count). The molecular weight excluding hydrogens is 517 g/mol. The number of carbonyl (C=O) groups excluding carboxylic acids is 2. The Balaban J connectivity index is 0.000000604. The fourth-order valence-corrected chi connectivity index (χ4v) is 3.56. The summed E-state index contributed by atoms with van der Waals surface area (Å²) in [7, 11) is 5.22. The number of ether oxygens (including phenoxy) is 2. The second kappa shape index (κ2) is 15.6. The van der Waals surface area contributed by atoms with Gasteiger partial charge in [-0.05, 0) is 48.9 Å². The monoisotopic (exact) mass is 547 g/mol. The number of anilines is 2. The van der Waals surface area contributed by atoms with Gasteiger partial charge >= 0.3 is 0 Å². The molecule has 0 bridgehead atoms. The molecule has 0 saturated carbocycles. The number of benzene rings is 2. The first kappa shape index (κ1) is 29.7. The molecule has 1 heterocycles. The van der Waals surface area contributed by atoms with E-state index in [0.29, 0.717) is 41.4 Å². The molecule has 1 atom stereocenters. The van der Waals surface area contributed by atoms with Gasteiger partial charge in [0.25, 0.3) is 6.47 Å². The van der Waals surface area contributed by atoms with E-state index < -0.39 is 0 Å².